The Hall–Kier alpha value is -1.33. The average molecular weight is 311 g/mol. The minimum Gasteiger partial charge on any atom is -0.368 e. The quantitative estimate of drug-likeness (QED) is 0.871. The summed E-state index contributed by atoms with van der Waals surface area (Å²) >= 11 is 6.18. The van der Waals surface area contributed by atoms with Crippen LogP contribution in [0, 0.1) is 0 Å². The topological polar surface area (TPSA) is 62.5 Å². The van der Waals surface area contributed by atoms with Gasteiger partial charge in [0.1, 0.15) is 0 Å². The van der Waals surface area contributed by atoms with Gasteiger partial charge in [-0.2, -0.15) is 0 Å². The number of aromatic nitrogens is 1. The first-order valence-electron chi connectivity index (χ1n) is 7.51. The van der Waals surface area contributed by atoms with Crippen molar-refractivity contribution in [1.29, 1.82) is 0 Å². The highest BCUT2D eigenvalue weighted by atomic mass is 35.5. The molecule has 0 radical (unpaired) electrons. The van der Waals surface area contributed by atoms with Crippen molar-refractivity contribution in [2.24, 2.45) is 5.73 Å². The number of primary amides is 1. The smallest absolute Gasteiger partial charge is 0.234 e. The summed E-state index contributed by atoms with van der Waals surface area (Å²) in [4.78, 5) is 20.1. The van der Waals surface area contributed by atoms with Crippen LogP contribution < -0.4 is 10.6 Å². The number of amides is 1. The van der Waals surface area contributed by atoms with Gasteiger partial charge in [-0.25, -0.2) is 0 Å². The van der Waals surface area contributed by atoms with Crippen molar-refractivity contribution < 1.29 is 4.79 Å². The number of hydrogen-bond donors (Lipinski definition) is 1. The number of piperazine rings is 1. The maximum absolute atomic E-state index is 11.6. The Morgan fingerprint density at radius 1 is 1.43 bits per heavy atom. The van der Waals surface area contributed by atoms with E-state index in [4.69, 9.17) is 17.3 Å². The predicted octanol–water partition coefficient (Wildman–Crippen LogP) is 1.90. The van der Waals surface area contributed by atoms with E-state index in [0.717, 1.165) is 51.1 Å². The van der Waals surface area contributed by atoms with Crippen LogP contribution >= 0.6 is 11.6 Å². The Balaban J connectivity index is 1.96. The SMILES string of the molecule is CCCC[C@@H](C(N)=O)N1CCN(c2ccncc2Cl)CC1. The summed E-state index contributed by atoms with van der Waals surface area (Å²) in [5.41, 5.74) is 6.56. The van der Waals surface area contributed by atoms with Gasteiger partial charge in [-0.05, 0) is 12.5 Å². The second-order valence-corrected chi connectivity index (χ2v) is 5.82. The summed E-state index contributed by atoms with van der Waals surface area (Å²) < 4.78 is 0. The number of unbranched alkanes of at least 4 members (excludes halogenated alkanes) is 1. The third-order valence-corrected chi connectivity index (χ3v) is 4.30. The van der Waals surface area contributed by atoms with Crippen LogP contribution in [-0.4, -0.2) is 48.0 Å². The Morgan fingerprint density at radius 3 is 2.71 bits per heavy atom. The maximum atomic E-state index is 11.6. The third-order valence-electron chi connectivity index (χ3n) is 4.01. The van der Waals surface area contributed by atoms with Gasteiger partial charge in [0.05, 0.1) is 16.8 Å². The fraction of sp³-hybridized carbons (Fsp3) is 0.600. The van der Waals surface area contributed by atoms with Crippen molar-refractivity contribution in [3.63, 3.8) is 0 Å². The lowest BCUT2D eigenvalue weighted by Gasteiger charge is -2.39. The molecule has 1 aromatic rings. The zero-order valence-electron chi connectivity index (χ0n) is 12.5. The molecule has 0 saturated carbocycles. The molecule has 21 heavy (non-hydrogen) atoms. The van der Waals surface area contributed by atoms with Gasteiger partial charge in [-0.1, -0.05) is 31.4 Å². The summed E-state index contributed by atoms with van der Waals surface area (Å²) in [5.74, 6) is -0.209. The largest absolute Gasteiger partial charge is 0.368 e. The summed E-state index contributed by atoms with van der Waals surface area (Å²) in [7, 11) is 0. The normalized spacial score (nSPS) is 17.7. The highest BCUT2D eigenvalue weighted by molar-refractivity contribution is 6.33. The molecule has 6 heteroatoms. The van der Waals surface area contributed by atoms with Gasteiger partial charge in [0, 0.05) is 38.6 Å². The van der Waals surface area contributed by atoms with Crippen molar-refractivity contribution in [3.8, 4) is 0 Å². The summed E-state index contributed by atoms with van der Waals surface area (Å²) in [6.45, 7) is 5.48. The number of pyridine rings is 1. The van der Waals surface area contributed by atoms with Crippen LogP contribution in [0.25, 0.3) is 0 Å². The first-order valence-corrected chi connectivity index (χ1v) is 7.89. The molecule has 1 aliphatic heterocycles. The minimum absolute atomic E-state index is 0.139. The molecule has 0 aromatic carbocycles. The molecule has 1 amide bonds. The summed E-state index contributed by atoms with van der Waals surface area (Å²) in [6.07, 6.45) is 6.37. The molecular weight excluding hydrogens is 288 g/mol. The van der Waals surface area contributed by atoms with Gasteiger partial charge in [0.25, 0.3) is 0 Å². The van der Waals surface area contributed by atoms with Crippen LogP contribution in [0.15, 0.2) is 18.5 Å². The second kappa shape index (κ2) is 7.61. The van der Waals surface area contributed by atoms with Crippen LogP contribution in [0.4, 0.5) is 5.69 Å². The van der Waals surface area contributed by atoms with E-state index in [9.17, 15) is 4.79 Å². The molecule has 1 aliphatic rings. The van der Waals surface area contributed by atoms with Gasteiger partial charge in [0.2, 0.25) is 5.91 Å². The fourth-order valence-corrected chi connectivity index (χ4v) is 3.04. The number of nitrogens with zero attached hydrogens (tertiary/aromatic N) is 3. The van der Waals surface area contributed by atoms with Gasteiger partial charge >= 0.3 is 0 Å². The Morgan fingerprint density at radius 2 is 2.14 bits per heavy atom. The van der Waals surface area contributed by atoms with E-state index in [1.807, 2.05) is 6.07 Å². The van der Waals surface area contributed by atoms with Crippen molar-refractivity contribution in [2.45, 2.75) is 32.2 Å². The van der Waals surface area contributed by atoms with E-state index in [0.29, 0.717) is 5.02 Å². The van der Waals surface area contributed by atoms with E-state index in [2.05, 4.69) is 21.7 Å². The lowest BCUT2D eigenvalue weighted by molar-refractivity contribution is -0.123. The maximum Gasteiger partial charge on any atom is 0.234 e. The van der Waals surface area contributed by atoms with E-state index < -0.39 is 0 Å². The van der Waals surface area contributed by atoms with Crippen molar-refractivity contribution >= 4 is 23.2 Å². The Labute approximate surface area is 131 Å². The average Bonchev–Trinajstić information content (AvgIpc) is 2.49. The second-order valence-electron chi connectivity index (χ2n) is 5.41. The highest BCUT2D eigenvalue weighted by Crippen LogP contribution is 2.25. The van der Waals surface area contributed by atoms with Crippen LogP contribution in [-0.2, 0) is 4.79 Å². The fourth-order valence-electron chi connectivity index (χ4n) is 2.80. The molecule has 116 valence electrons. The van der Waals surface area contributed by atoms with Crippen LogP contribution in [0.3, 0.4) is 0 Å². The van der Waals surface area contributed by atoms with Crippen LogP contribution in [0.5, 0.6) is 0 Å². The molecule has 0 spiro atoms. The number of halogens is 1. The standard InChI is InChI=1S/C15H23ClN4O/c1-2-3-4-14(15(17)21)20-9-7-19(8-10-20)13-5-6-18-11-12(13)16/h5-6,11,14H,2-4,7-10H2,1H3,(H2,17,21)/t14-/m0/s1. The van der Waals surface area contributed by atoms with Crippen molar-refractivity contribution in [2.75, 3.05) is 31.1 Å². The number of anilines is 1. The molecule has 1 aromatic heterocycles. The van der Waals surface area contributed by atoms with Gasteiger partial charge in [-0.15, -0.1) is 0 Å². The van der Waals surface area contributed by atoms with E-state index in [1.54, 1.807) is 12.4 Å². The highest BCUT2D eigenvalue weighted by Gasteiger charge is 2.27. The lowest BCUT2D eigenvalue weighted by atomic mass is 10.1. The van der Waals surface area contributed by atoms with Gasteiger partial charge in [-0.3, -0.25) is 14.7 Å². The summed E-state index contributed by atoms with van der Waals surface area (Å²) in [5, 5.41) is 0.670. The third kappa shape index (κ3) is 4.08. The van der Waals surface area contributed by atoms with Crippen LogP contribution in [0.1, 0.15) is 26.2 Å². The predicted molar refractivity (Wildman–Crippen MR) is 85.5 cm³/mol. The Bertz CT molecular complexity index is 474. The molecule has 0 bridgehead atoms. The minimum atomic E-state index is -0.209. The molecule has 1 saturated heterocycles. The lowest BCUT2D eigenvalue weighted by Crippen LogP contribution is -2.54. The van der Waals surface area contributed by atoms with Crippen molar-refractivity contribution in [3.05, 3.63) is 23.5 Å². The number of hydrogen-bond acceptors (Lipinski definition) is 4. The molecule has 2 heterocycles. The van der Waals surface area contributed by atoms with Crippen molar-refractivity contribution in [1.82, 2.24) is 9.88 Å². The molecule has 2 rings (SSSR count). The molecule has 1 fully saturated rings. The first kappa shape index (κ1) is 16.0. The number of carbonyl (C=O) groups excluding carboxylic acids is 1. The molecule has 0 aliphatic carbocycles. The summed E-state index contributed by atoms with van der Waals surface area (Å²) in [6, 6.07) is 1.79. The van der Waals surface area contributed by atoms with Gasteiger partial charge in [0.15, 0.2) is 0 Å². The molecule has 1 atom stereocenters. The number of nitrogens with two attached hydrogens (primary N) is 1. The molecule has 2 N–H and O–H groups in total. The molecular formula is C15H23ClN4O. The molecule has 5 nitrogen and oxygen atoms in total. The number of rotatable bonds is 6. The monoisotopic (exact) mass is 310 g/mol. The van der Waals surface area contributed by atoms with E-state index in [1.165, 1.54) is 0 Å². The number of carbonyl (C=O) groups is 1. The zero-order chi connectivity index (χ0) is 15.2. The Kier molecular flexibility index (Phi) is 5.82. The zero-order valence-corrected chi connectivity index (χ0v) is 13.2. The first-order chi connectivity index (χ1) is 10.1. The molecule has 0 unspecified atom stereocenters. The van der Waals surface area contributed by atoms with Gasteiger partial charge < -0.3 is 10.6 Å². The van der Waals surface area contributed by atoms with E-state index >= 15 is 0 Å². The van der Waals surface area contributed by atoms with E-state index in [-0.39, 0.29) is 11.9 Å². The van der Waals surface area contributed by atoms with Crippen LogP contribution in [0.2, 0.25) is 5.02 Å².